The number of nitrogens with zero attached hydrogens (tertiary/aromatic N) is 1. The predicted octanol–water partition coefficient (Wildman–Crippen LogP) is 2.89. The molecule has 0 radical (unpaired) electrons. The molecule has 0 atom stereocenters. The van der Waals surface area contributed by atoms with E-state index in [1.807, 2.05) is 89.7 Å². The van der Waals surface area contributed by atoms with Crippen LogP contribution in [-0.4, -0.2) is 35.2 Å². The van der Waals surface area contributed by atoms with Crippen LogP contribution in [0.2, 0.25) is 5.02 Å². The van der Waals surface area contributed by atoms with Gasteiger partial charge in [0.15, 0.2) is 17.9 Å². The first kappa shape index (κ1) is 32.3. The topological polar surface area (TPSA) is 143 Å². The molecule has 2 aromatic carbocycles. The average molecular weight is 627 g/mol. The van der Waals surface area contributed by atoms with Crippen molar-refractivity contribution in [1.82, 2.24) is 4.98 Å². The second kappa shape index (κ2) is 13.2. The highest BCUT2D eigenvalue weighted by molar-refractivity contribution is 6.30. The number of halogens is 7. The van der Waals surface area contributed by atoms with Crippen LogP contribution in [0.3, 0.4) is 0 Å². The fraction of sp³-hybridized carbons (Fsp3) is 0.0741. The second-order valence-electron chi connectivity index (χ2n) is 8.29. The molecule has 0 fully saturated rings. The molecule has 43 heavy (non-hydrogen) atoms. The number of benzene rings is 2. The first-order valence-electron chi connectivity index (χ1n) is 11.6. The second-order valence-corrected chi connectivity index (χ2v) is 8.73. The molecule has 3 heterocycles. The highest BCUT2D eigenvalue weighted by Crippen LogP contribution is 2.24. The molecular formula is C27H17ClF6N4O5. The Labute approximate surface area is 242 Å². The van der Waals surface area contributed by atoms with Crippen molar-refractivity contribution in [2.45, 2.75) is 12.4 Å². The molecule has 5 rings (SSSR count). The van der Waals surface area contributed by atoms with Crippen molar-refractivity contribution < 1.29 is 60.3 Å². The zero-order chi connectivity index (χ0) is 31.9. The number of carboxylic acids is 2. The minimum absolute atomic E-state index is 0.206. The Hall–Kier alpha value is -5.18. The van der Waals surface area contributed by atoms with Crippen LogP contribution in [0.5, 0.6) is 0 Å². The Morgan fingerprint density at radius 3 is 2.09 bits per heavy atom. The third-order valence-corrected chi connectivity index (χ3v) is 5.60. The Balaban J connectivity index is 0.000000303. The quantitative estimate of drug-likeness (QED) is 0.234. The maximum atomic E-state index is 13.2. The van der Waals surface area contributed by atoms with Gasteiger partial charge >= 0.3 is 12.4 Å². The van der Waals surface area contributed by atoms with Crippen LogP contribution in [0.1, 0.15) is 10.5 Å². The van der Waals surface area contributed by atoms with Crippen LogP contribution in [0, 0.1) is 0 Å². The zero-order valence-electron chi connectivity index (χ0n) is 21.2. The van der Waals surface area contributed by atoms with Crippen molar-refractivity contribution in [1.29, 1.82) is 0 Å². The maximum absolute atomic E-state index is 13.2. The number of aliphatic carboxylic acids is 2. The largest absolute Gasteiger partial charge is 0.542 e. The van der Waals surface area contributed by atoms with E-state index in [-0.39, 0.29) is 5.91 Å². The molecule has 0 bridgehead atoms. The minimum atomic E-state index is -5.19. The van der Waals surface area contributed by atoms with Gasteiger partial charge in [-0.05, 0) is 42.5 Å². The number of anilines is 1. The van der Waals surface area contributed by atoms with Crippen molar-refractivity contribution in [2.75, 3.05) is 5.32 Å². The van der Waals surface area contributed by atoms with E-state index >= 15 is 0 Å². The molecule has 0 saturated heterocycles. The molecule has 0 aliphatic heterocycles. The first-order valence-corrected chi connectivity index (χ1v) is 12.0. The molecule has 16 heteroatoms. The number of imidazole rings is 1. The highest BCUT2D eigenvalue weighted by atomic mass is 35.5. The summed E-state index contributed by atoms with van der Waals surface area (Å²) in [4.78, 5) is 37.1. The maximum Gasteiger partial charge on any atom is 0.430 e. The summed E-state index contributed by atoms with van der Waals surface area (Å²) < 4.78 is 65.1. The monoisotopic (exact) mass is 626 g/mol. The normalized spacial score (nSPS) is 11.1. The Kier molecular flexibility index (Phi) is 9.93. The minimum Gasteiger partial charge on any atom is -0.542 e. The number of carboxylic acid groups (broad SMARTS) is 2. The number of pyridine rings is 2. The van der Waals surface area contributed by atoms with Crippen LogP contribution in [-0.2, 0) is 9.59 Å². The number of carbonyl (C=O) groups excluding carboxylic acids is 3. The van der Waals surface area contributed by atoms with E-state index in [2.05, 4.69) is 15.3 Å². The van der Waals surface area contributed by atoms with Crippen LogP contribution in [0.25, 0.3) is 27.7 Å². The molecule has 0 aliphatic carbocycles. The van der Waals surface area contributed by atoms with E-state index in [0.29, 0.717) is 10.7 Å². The molecular weight excluding hydrogens is 610 g/mol. The summed E-state index contributed by atoms with van der Waals surface area (Å²) in [6, 6.07) is 21.1. The lowest BCUT2D eigenvalue weighted by atomic mass is 10.1. The number of hydrogen-bond donors (Lipinski definition) is 2. The number of aromatic nitrogens is 3. The molecule has 9 nitrogen and oxygen atoms in total. The fourth-order valence-electron chi connectivity index (χ4n) is 3.56. The summed E-state index contributed by atoms with van der Waals surface area (Å²) in [6.07, 6.45) is -4.72. The van der Waals surface area contributed by atoms with Gasteiger partial charge in [-0.15, -0.1) is 0 Å². The SMILES string of the molecule is O=C(Nc1cccc2c[nH+]ccc12)c1[nH]c(-c2cccc(Cl)c2)[n+]2ccccc12.O=C([O-])C(F)(F)F.O=C([O-])C(F)(F)F. The summed E-state index contributed by atoms with van der Waals surface area (Å²) in [5, 5.41) is 23.2. The number of aromatic amines is 2. The lowest BCUT2D eigenvalue weighted by Crippen LogP contribution is -2.37. The number of rotatable bonds is 3. The molecule has 0 saturated carbocycles. The van der Waals surface area contributed by atoms with Gasteiger partial charge in [0.1, 0.15) is 11.9 Å². The van der Waals surface area contributed by atoms with Crippen LogP contribution < -0.4 is 24.9 Å². The lowest BCUT2D eigenvalue weighted by molar-refractivity contribution is -0.498. The summed E-state index contributed by atoms with van der Waals surface area (Å²) in [7, 11) is 0. The average Bonchev–Trinajstić information content (AvgIpc) is 3.33. The molecule has 0 aliphatic rings. The number of hydrogen-bond acceptors (Lipinski definition) is 5. The Bertz CT molecular complexity index is 1760. The highest BCUT2D eigenvalue weighted by Gasteiger charge is 2.29. The van der Waals surface area contributed by atoms with Gasteiger partial charge in [-0.3, -0.25) is 4.79 Å². The van der Waals surface area contributed by atoms with Crippen LogP contribution in [0.15, 0.2) is 85.3 Å². The van der Waals surface area contributed by atoms with Crippen molar-refractivity contribution in [3.05, 3.63) is 96.0 Å². The van der Waals surface area contributed by atoms with E-state index in [9.17, 15) is 31.1 Å². The summed E-state index contributed by atoms with van der Waals surface area (Å²) in [6.45, 7) is 0. The molecule has 3 N–H and O–H groups in total. The zero-order valence-corrected chi connectivity index (χ0v) is 22.0. The third-order valence-electron chi connectivity index (χ3n) is 5.36. The summed E-state index contributed by atoms with van der Waals surface area (Å²) in [5.74, 6) is -5.43. The molecule has 3 aromatic heterocycles. The molecule has 5 aromatic rings. The van der Waals surface area contributed by atoms with E-state index in [1.165, 1.54) is 0 Å². The molecule has 224 valence electrons. The number of H-pyrrole nitrogens is 2. The first-order chi connectivity index (χ1) is 20.1. The number of alkyl halides is 6. The lowest BCUT2D eigenvalue weighted by Gasteiger charge is -2.05. The van der Waals surface area contributed by atoms with Gasteiger partial charge in [0.05, 0.1) is 11.8 Å². The Morgan fingerprint density at radius 1 is 0.860 bits per heavy atom. The van der Waals surface area contributed by atoms with E-state index in [4.69, 9.17) is 31.4 Å². The van der Waals surface area contributed by atoms with Crippen molar-refractivity contribution in [3.63, 3.8) is 0 Å². The van der Waals surface area contributed by atoms with Crippen molar-refractivity contribution in [3.8, 4) is 11.4 Å². The Morgan fingerprint density at radius 2 is 1.49 bits per heavy atom. The van der Waals surface area contributed by atoms with Gasteiger partial charge in [-0.2, -0.15) is 30.7 Å². The summed E-state index contributed by atoms with van der Waals surface area (Å²) in [5.41, 5.74) is 2.93. The fourth-order valence-corrected chi connectivity index (χ4v) is 3.75. The number of carbonyl (C=O) groups is 3. The summed E-state index contributed by atoms with van der Waals surface area (Å²) >= 11 is 6.17. The van der Waals surface area contributed by atoms with Gasteiger partial charge in [-0.1, -0.05) is 29.8 Å². The molecule has 0 unspecified atom stereocenters. The van der Waals surface area contributed by atoms with Gasteiger partial charge in [0.25, 0.3) is 11.7 Å². The van der Waals surface area contributed by atoms with E-state index in [1.54, 1.807) is 0 Å². The smallest absolute Gasteiger partial charge is 0.430 e. The molecule has 1 amide bonds. The predicted molar refractivity (Wildman–Crippen MR) is 135 cm³/mol. The van der Waals surface area contributed by atoms with Gasteiger partial charge in [-0.25, -0.2) is 9.97 Å². The number of nitrogens with one attached hydrogen (secondary N) is 3. The van der Waals surface area contributed by atoms with E-state index in [0.717, 1.165) is 33.4 Å². The number of fused-ring (bicyclic) bond motifs is 2. The van der Waals surface area contributed by atoms with Crippen LogP contribution >= 0.6 is 11.6 Å². The van der Waals surface area contributed by atoms with Gasteiger partial charge in [0, 0.05) is 27.5 Å². The van der Waals surface area contributed by atoms with Gasteiger partial charge in [0.2, 0.25) is 5.69 Å². The van der Waals surface area contributed by atoms with Crippen LogP contribution in [0.4, 0.5) is 32.0 Å². The van der Waals surface area contributed by atoms with Crippen molar-refractivity contribution >= 4 is 51.4 Å². The third kappa shape index (κ3) is 8.42. The van der Waals surface area contributed by atoms with Crippen molar-refractivity contribution in [2.24, 2.45) is 0 Å². The molecule has 0 spiro atoms. The standard InChI is InChI=1S/C23H15ClN4O.2C2HF3O2/c24-17-7-3-5-15(13-17)22-27-21(20-9-1-2-12-28(20)22)23(29)26-19-8-4-6-16-14-25-11-10-18(16)19;2*3-2(4,5)1(6)7/h1-14H,(H,26,29);2*(H,6,7). The van der Waals surface area contributed by atoms with E-state index < -0.39 is 24.3 Å². The number of amides is 1. The van der Waals surface area contributed by atoms with Gasteiger partial charge < -0.3 is 25.1 Å².